The molecule has 0 atom stereocenters. The summed E-state index contributed by atoms with van der Waals surface area (Å²) in [4.78, 5) is 21.0. The van der Waals surface area contributed by atoms with Crippen LogP contribution < -0.4 is 15.6 Å². The second-order valence-corrected chi connectivity index (χ2v) is 8.65. The normalized spacial score (nSPS) is 12.9. The van der Waals surface area contributed by atoms with Crippen molar-refractivity contribution in [2.45, 2.75) is 37.9 Å². The van der Waals surface area contributed by atoms with E-state index in [9.17, 15) is 4.79 Å². The molecule has 0 fully saturated rings. The lowest BCUT2D eigenvalue weighted by Gasteiger charge is -2.18. The van der Waals surface area contributed by atoms with Crippen LogP contribution in [0.15, 0.2) is 41.3 Å². The number of pyridine rings is 1. The quantitative estimate of drug-likeness (QED) is 0.496. The molecule has 0 saturated heterocycles. The highest BCUT2D eigenvalue weighted by Crippen LogP contribution is 2.25. The van der Waals surface area contributed by atoms with Gasteiger partial charge in [0.2, 0.25) is 5.95 Å². The summed E-state index contributed by atoms with van der Waals surface area (Å²) in [5.41, 5.74) is 5.16. The summed E-state index contributed by atoms with van der Waals surface area (Å²) in [6.07, 6.45) is 7.21. The first-order valence-corrected chi connectivity index (χ1v) is 11.7. The van der Waals surface area contributed by atoms with E-state index in [-0.39, 0.29) is 5.56 Å². The van der Waals surface area contributed by atoms with E-state index in [2.05, 4.69) is 31.5 Å². The number of nitrogens with one attached hydrogen (secondary N) is 2. The molecule has 2 heterocycles. The maximum atomic E-state index is 12.3. The van der Waals surface area contributed by atoms with Gasteiger partial charge in [-0.3, -0.25) is 9.78 Å². The van der Waals surface area contributed by atoms with Gasteiger partial charge in [-0.25, -0.2) is 5.10 Å². The number of anilines is 1. The van der Waals surface area contributed by atoms with E-state index in [4.69, 9.17) is 4.74 Å². The average molecular weight is 438 g/mol. The monoisotopic (exact) mass is 437 g/mol. The highest BCUT2D eigenvalue weighted by atomic mass is 32.2. The fourth-order valence-electron chi connectivity index (χ4n) is 3.80. The second-order valence-electron chi connectivity index (χ2n) is 7.55. The number of aromatic nitrogens is 4. The van der Waals surface area contributed by atoms with Crippen LogP contribution >= 0.6 is 11.8 Å². The van der Waals surface area contributed by atoms with Gasteiger partial charge in [0.05, 0.1) is 12.8 Å². The average Bonchev–Trinajstić information content (AvgIpc) is 2.81. The molecule has 162 valence electrons. The molecule has 1 aromatic carbocycles. The summed E-state index contributed by atoms with van der Waals surface area (Å²) < 4.78 is 5.22. The van der Waals surface area contributed by atoms with Gasteiger partial charge in [-0.15, -0.1) is 0 Å². The number of nitrogens with zero attached hydrogens (tertiary/aromatic N) is 3. The number of fused-ring (bicyclic) bond motifs is 1. The SMILES string of the molecule is COc1cccc(Cc2n[nH]c(NCCSCc3nccc4c3CCCC4)nc2=O)c1. The lowest BCUT2D eigenvalue weighted by Crippen LogP contribution is -2.20. The third-order valence-corrected chi connectivity index (χ3v) is 6.38. The molecule has 31 heavy (non-hydrogen) atoms. The number of hydrogen-bond donors (Lipinski definition) is 2. The maximum Gasteiger partial charge on any atom is 0.296 e. The molecule has 0 saturated carbocycles. The zero-order valence-corrected chi connectivity index (χ0v) is 18.5. The Bertz CT molecular complexity index is 1090. The van der Waals surface area contributed by atoms with Crippen molar-refractivity contribution in [1.82, 2.24) is 20.2 Å². The Morgan fingerprint density at radius 3 is 2.97 bits per heavy atom. The molecule has 0 amide bonds. The lowest BCUT2D eigenvalue weighted by atomic mass is 9.91. The van der Waals surface area contributed by atoms with Crippen molar-refractivity contribution in [2.24, 2.45) is 0 Å². The van der Waals surface area contributed by atoms with E-state index < -0.39 is 0 Å². The molecule has 3 aromatic rings. The molecule has 0 spiro atoms. The Morgan fingerprint density at radius 1 is 1.19 bits per heavy atom. The van der Waals surface area contributed by atoms with Gasteiger partial charge < -0.3 is 10.1 Å². The number of methoxy groups -OCH3 is 1. The van der Waals surface area contributed by atoms with Crippen LogP contribution in [0.5, 0.6) is 5.75 Å². The topological polar surface area (TPSA) is 92.8 Å². The van der Waals surface area contributed by atoms with Crippen molar-refractivity contribution in [3.8, 4) is 5.75 Å². The van der Waals surface area contributed by atoms with E-state index in [0.717, 1.165) is 29.2 Å². The van der Waals surface area contributed by atoms with E-state index in [1.165, 1.54) is 36.1 Å². The Morgan fingerprint density at radius 2 is 2.10 bits per heavy atom. The van der Waals surface area contributed by atoms with Crippen LogP contribution in [-0.2, 0) is 25.0 Å². The van der Waals surface area contributed by atoms with E-state index in [0.29, 0.717) is 24.6 Å². The van der Waals surface area contributed by atoms with Gasteiger partial charge in [-0.1, -0.05) is 12.1 Å². The number of rotatable bonds is 9. The first-order chi connectivity index (χ1) is 15.2. The van der Waals surface area contributed by atoms with Crippen LogP contribution in [0.25, 0.3) is 0 Å². The minimum Gasteiger partial charge on any atom is -0.497 e. The number of aryl methyl sites for hydroxylation is 1. The molecule has 2 aromatic heterocycles. The van der Waals surface area contributed by atoms with Crippen LogP contribution in [0.1, 0.15) is 40.9 Å². The van der Waals surface area contributed by atoms with Crippen LogP contribution in [0, 0.1) is 0 Å². The van der Waals surface area contributed by atoms with E-state index in [1.807, 2.05) is 42.2 Å². The third kappa shape index (κ3) is 5.64. The molecule has 0 aliphatic heterocycles. The standard InChI is InChI=1S/C23H27N5O2S/c1-30-18-7-4-5-16(13-18)14-20-22(29)26-23(28-27-20)25-11-12-31-15-21-19-8-3-2-6-17(19)9-10-24-21/h4-5,7,9-10,13H,2-3,6,8,11-12,14-15H2,1H3,(H2,25,26,28,29). The van der Waals surface area contributed by atoms with Gasteiger partial charge >= 0.3 is 0 Å². The van der Waals surface area contributed by atoms with Gasteiger partial charge in [0.1, 0.15) is 11.4 Å². The van der Waals surface area contributed by atoms with Crippen molar-refractivity contribution < 1.29 is 4.74 Å². The number of benzene rings is 1. The first-order valence-electron chi connectivity index (χ1n) is 10.6. The molecule has 1 aliphatic carbocycles. The number of aromatic amines is 1. The summed E-state index contributed by atoms with van der Waals surface area (Å²) in [6, 6.07) is 9.75. The molecule has 0 bridgehead atoms. The Labute approximate surface area is 186 Å². The molecular formula is C23H27N5O2S. The molecule has 4 rings (SSSR count). The molecular weight excluding hydrogens is 410 g/mol. The van der Waals surface area contributed by atoms with Crippen LogP contribution in [0.2, 0.25) is 0 Å². The molecule has 0 radical (unpaired) electrons. The van der Waals surface area contributed by atoms with Crippen molar-refractivity contribution in [3.05, 3.63) is 75.0 Å². The zero-order chi connectivity index (χ0) is 21.5. The van der Waals surface area contributed by atoms with E-state index in [1.54, 1.807) is 7.11 Å². The van der Waals surface area contributed by atoms with Crippen molar-refractivity contribution in [1.29, 1.82) is 0 Å². The fourth-order valence-corrected chi connectivity index (χ4v) is 4.63. The highest BCUT2D eigenvalue weighted by Gasteiger charge is 2.13. The van der Waals surface area contributed by atoms with Gasteiger partial charge in [0.15, 0.2) is 0 Å². The van der Waals surface area contributed by atoms with E-state index >= 15 is 0 Å². The number of hydrogen-bond acceptors (Lipinski definition) is 7. The van der Waals surface area contributed by atoms with Gasteiger partial charge in [-0.2, -0.15) is 21.8 Å². The summed E-state index contributed by atoms with van der Waals surface area (Å²) in [7, 11) is 1.62. The lowest BCUT2D eigenvalue weighted by molar-refractivity contribution is 0.414. The minimum atomic E-state index is -0.322. The molecule has 1 aliphatic rings. The molecule has 7 nitrogen and oxygen atoms in total. The fraction of sp³-hybridized carbons (Fsp3) is 0.391. The Hall–Kier alpha value is -2.87. The predicted octanol–water partition coefficient (Wildman–Crippen LogP) is 3.38. The number of thioether (sulfide) groups is 1. The summed E-state index contributed by atoms with van der Waals surface area (Å²) in [5.74, 6) is 2.95. The maximum absolute atomic E-state index is 12.3. The molecule has 8 heteroatoms. The molecule has 0 unspecified atom stereocenters. The van der Waals surface area contributed by atoms with Gasteiger partial charge in [0.25, 0.3) is 5.56 Å². The summed E-state index contributed by atoms with van der Waals surface area (Å²) in [6.45, 7) is 0.694. The summed E-state index contributed by atoms with van der Waals surface area (Å²) in [5, 5.41) is 10.2. The van der Waals surface area contributed by atoms with Crippen molar-refractivity contribution in [2.75, 3.05) is 24.7 Å². The predicted molar refractivity (Wildman–Crippen MR) is 124 cm³/mol. The van der Waals surface area contributed by atoms with Gasteiger partial charge in [0, 0.05) is 30.7 Å². The van der Waals surface area contributed by atoms with Crippen LogP contribution in [0.4, 0.5) is 5.95 Å². The third-order valence-electron chi connectivity index (χ3n) is 5.41. The Kier molecular flexibility index (Phi) is 7.19. The zero-order valence-electron chi connectivity index (χ0n) is 17.7. The number of H-pyrrole nitrogens is 1. The van der Waals surface area contributed by atoms with Gasteiger partial charge in [-0.05, 0) is 60.6 Å². The van der Waals surface area contributed by atoms with Crippen molar-refractivity contribution >= 4 is 17.7 Å². The highest BCUT2D eigenvalue weighted by molar-refractivity contribution is 7.98. The second kappa shape index (κ2) is 10.4. The largest absolute Gasteiger partial charge is 0.497 e. The van der Waals surface area contributed by atoms with Crippen LogP contribution in [0.3, 0.4) is 0 Å². The smallest absolute Gasteiger partial charge is 0.296 e. The number of ether oxygens (including phenoxy) is 1. The Balaban J connectivity index is 1.26. The molecule has 2 N–H and O–H groups in total. The van der Waals surface area contributed by atoms with Crippen molar-refractivity contribution in [3.63, 3.8) is 0 Å². The van der Waals surface area contributed by atoms with Crippen LogP contribution in [-0.4, -0.2) is 39.6 Å². The minimum absolute atomic E-state index is 0.322. The first kappa shape index (κ1) is 21.4. The summed E-state index contributed by atoms with van der Waals surface area (Å²) >= 11 is 1.83.